The molecule has 1 atom stereocenters. The van der Waals surface area contributed by atoms with Gasteiger partial charge in [-0.25, -0.2) is 0 Å². The molecule has 0 fully saturated rings. The molecular weight excluding hydrogens is 212 g/mol. The first-order valence-corrected chi connectivity index (χ1v) is 5.62. The maximum absolute atomic E-state index is 5.58. The number of nitrogens with two attached hydrogens (primary N) is 1. The number of aromatic nitrogens is 2. The summed E-state index contributed by atoms with van der Waals surface area (Å²) in [5.74, 6) is 5.58. The average molecular weight is 228 g/mol. The molecule has 0 bridgehead atoms. The van der Waals surface area contributed by atoms with Gasteiger partial charge in [-0.2, -0.15) is 0 Å². The third kappa shape index (κ3) is 3.62. The van der Waals surface area contributed by atoms with E-state index in [9.17, 15) is 0 Å². The lowest BCUT2D eigenvalue weighted by molar-refractivity contribution is 0.522. The third-order valence-corrected chi connectivity index (χ3v) is 2.67. The molecule has 2 heterocycles. The number of hydrogen-bond acceptors (Lipinski definition) is 4. The summed E-state index contributed by atoms with van der Waals surface area (Å²) < 4.78 is 0. The van der Waals surface area contributed by atoms with Crippen molar-refractivity contribution in [2.45, 2.75) is 18.9 Å². The summed E-state index contributed by atoms with van der Waals surface area (Å²) in [5.41, 5.74) is 5.26. The molecule has 0 aliphatic rings. The molecule has 0 aliphatic heterocycles. The average Bonchev–Trinajstić information content (AvgIpc) is 2.40. The van der Waals surface area contributed by atoms with Gasteiger partial charge in [-0.3, -0.25) is 21.2 Å². The molecule has 0 amide bonds. The van der Waals surface area contributed by atoms with E-state index >= 15 is 0 Å². The topological polar surface area (TPSA) is 63.8 Å². The quantitative estimate of drug-likeness (QED) is 0.594. The van der Waals surface area contributed by atoms with Gasteiger partial charge in [0.25, 0.3) is 0 Å². The molecular formula is C13H16N4. The summed E-state index contributed by atoms with van der Waals surface area (Å²) in [7, 11) is 0. The van der Waals surface area contributed by atoms with Gasteiger partial charge >= 0.3 is 0 Å². The van der Waals surface area contributed by atoms with Crippen LogP contribution in [0.4, 0.5) is 0 Å². The highest BCUT2D eigenvalue weighted by molar-refractivity contribution is 5.15. The molecule has 0 spiro atoms. The first-order valence-electron chi connectivity index (χ1n) is 5.62. The number of hydrogen-bond donors (Lipinski definition) is 2. The lowest BCUT2D eigenvalue weighted by Crippen LogP contribution is -2.38. The van der Waals surface area contributed by atoms with E-state index in [-0.39, 0.29) is 6.04 Å². The molecule has 0 radical (unpaired) electrons. The fraction of sp³-hybridized carbons (Fsp3) is 0.231. The fourth-order valence-corrected chi connectivity index (χ4v) is 1.80. The van der Waals surface area contributed by atoms with Crippen LogP contribution in [0.15, 0.2) is 49.1 Å². The van der Waals surface area contributed by atoms with E-state index < -0.39 is 0 Å². The van der Waals surface area contributed by atoms with Crippen molar-refractivity contribution in [3.05, 3.63) is 60.2 Å². The molecule has 17 heavy (non-hydrogen) atoms. The van der Waals surface area contributed by atoms with Crippen LogP contribution in [-0.2, 0) is 12.8 Å². The molecule has 0 saturated heterocycles. The first kappa shape index (κ1) is 11.7. The van der Waals surface area contributed by atoms with Crippen molar-refractivity contribution in [1.29, 1.82) is 0 Å². The van der Waals surface area contributed by atoms with E-state index in [2.05, 4.69) is 21.5 Å². The van der Waals surface area contributed by atoms with Gasteiger partial charge < -0.3 is 0 Å². The predicted molar refractivity (Wildman–Crippen MR) is 67.0 cm³/mol. The van der Waals surface area contributed by atoms with Crippen molar-refractivity contribution < 1.29 is 0 Å². The smallest absolute Gasteiger partial charge is 0.0300 e. The fourth-order valence-electron chi connectivity index (χ4n) is 1.80. The summed E-state index contributed by atoms with van der Waals surface area (Å²) in [4.78, 5) is 8.10. The van der Waals surface area contributed by atoms with E-state index in [0.29, 0.717) is 0 Å². The second kappa shape index (κ2) is 6.08. The Morgan fingerprint density at radius 2 is 1.76 bits per heavy atom. The van der Waals surface area contributed by atoms with Gasteiger partial charge in [0.1, 0.15) is 0 Å². The highest BCUT2D eigenvalue weighted by Crippen LogP contribution is 2.07. The molecule has 88 valence electrons. The van der Waals surface area contributed by atoms with E-state index in [1.165, 1.54) is 11.1 Å². The summed E-state index contributed by atoms with van der Waals surface area (Å²) in [6.07, 6.45) is 8.99. The minimum Gasteiger partial charge on any atom is -0.271 e. The number of pyridine rings is 2. The van der Waals surface area contributed by atoms with Gasteiger partial charge in [-0.15, -0.1) is 0 Å². The van der Waals surface area contributed by atoms with Crippen LogP contribution in [0.25, 0.3) is 0 Å². The maximum Gasteiger partial charge on any atom is 0.0300 e. The van der Waals surface area contributed by atoms with Crippen molar-refractivity contribution in [2.75, 3.05) is 0 Å². The van der Waals surface area contributed by atoms with Crippen LogP contribution in [0.5, 0.6) is 0 Å². The van der Waals surface area contributed by atoms with Crippen LogP contribution in [0, 0.1) is 0 Å². The zero-order valence-corrected chi connectivity index (χ0v) is 9.58. The third-order valence-electron chi connectivity index (χ3n) is 2.67. The molecule has 0 saturated carbocycles. The predicted octanol–water partition coefficient (Wildman–Crippen LogP) is 1.09. The Balaban J connectivity index is 1.98. The van der Waals surface area contributed by atoms with Gasteiger partial charge in [-0.1, -0.05) is 6.07 Å². The Labute approximate surface area is 101 Å². The van der Waals surface area contributed by atoms with E-state index in [0.717, 1.165) is 12.8 Å². The second-order valence-electron chi connectivity index (χ2n) is 3.99. The number of nitrogens with zero attached hydrogens (tertiary/aromatic N) is 2. The minimum atomic E-state index is 0.210. The maximum atomic E-state index is 5.58. The van der Waals surface area contributed by atoms with Gasteiger partial charge in [0.05, 0.1) is 0 Å². The summed E-state index contributed by atoms with van der Waals surface area (Å²) in [6.45, 7) is 0. The standard InChI is InChI=1S/C13H16N4/c14-17-13(8-11-3-6-15-7-4-11)9-12-2-1-5-16-10-12/h1-7,10,13,17H,8-9,14H2. The number of hydrazine groups is 1. The Hall–Kier alpha value is -1.78. The van der Waals surface area contributed by atoms with Crippen LogP contribution in [0.1, 0.15) is 11.1 Å². The second-order valence-corrected chi connectivity index (χ2v) is 3.99. The first-order chi connectivity index (χ1) is 8.38. The lowest BCUT2D eigenvalue weighted by Gasteiger charge is -2.15. The molecule has 2 aromatic heterocycles. The van der Waals surface area contributed by atoms with Crippen LogP contribution in [0.3, 0.4) is 0 Å². The summed E-state index contributed by atoms with van der Waals surface area (Å²) in [6, 6.07) is 8.22. The normalized spacial score (nSPS) is 12.3. The van der Waals surface area contributed by atoms with E-state index in [4.69, 9.17) is 5.84 Å². The van der Waals surface area contributed by atoms with Crippen molar-refractivity contribution in [3.63, 3.8) is 0 Å². The van der Waals surface area contributed by atoms with Crippen molar-refractivity contribution in [1.82, 2.24) is 15.4 Å². The molecule has 0 aliphatic carbocycles. The molecule has 2 aromatic rings. The van der Waals surface area contributed by atoms with Gasteiger partial charge in [0.2, 0.25) is 0 Å². The number of nitrogens with one attached hydrogen (secondary N) is 1. The molecule has 3 N–H and O–H groups in total. The monoisotopic (exact) mass is 228 g/mol. The van der Waals surface area contributed by atoms with E-state index in [1.54, 1.807) is 18.6 Å². The zero-order chi connectivity index (χ0) is 11.9. The Morgan fingerprint density at radius 3 is 2.41 bits per heavy atom. The highest BCUT2D eigenvalue weighted by Gasteiger charge is 2.08. The Morgan fingerprint density at radius 1 is 1.00 bits per heavy atom. The van der Waals surface area contributed by atoms with Crippen LogP contribution < -0.4 is 11.3 Å². The van der Waals surface area contributed by atoms with Crippen LogP contribution >= 0.6 is 0 Å². The Kier molecular flexibility index (Phi) is 4.18. The number of rotatable bonds is 5. The summed E-state index contributed by atoms with van der Waals surface area (Å²) >= 11 is 0. The van der Waals surface area contributed by atoms with Crippen LogP contribution in [-0.4, -0.2) is 16.0 Å². The van der Waals surface area contributed by atoms with Gasteiger partial charge in [-0.05, 0) is 42.2 Å². The molecule has 0 aromatic carbocycles. The molecule has 4 heteroatoms. The largest absolute Gasteiger partial charge is 0.271 e. The lowest BCUT2D eigenvalue weighted by atomic mass is 10.0. The summed E-state index contributed by atoms with van der Waals surface area (Å²) in [5, 5.41) is 0. The zero-order valence-electron chi connectivity index (χ0n) is 9.58. The van der Waals surface area contributed by atoms with Crippen molar-refractivity contribution in [3.8, 4) is 0 Å². The highest BCUT2D eigenvalue weighted by atomic mass is 15.2. The van der Waals surface area contributed by atoms with Gasteiger partial charge in [0.15, 0.2) is 0 Å². The molecule has 1 unspecified atom stereocenters. The van der Waals surface area contributed by atoms with Gasteiger partial charge in [0, 0.05) is 30.8 Å². The SMILES string of the molecule is NNC(Cc1ccncc1)Cc1cccnc1. The minimum absolute atomic E-state index is 0.210. The van der Waals surface area contributed by atoms with E-state index in [1.807, 2.05) is 24.4 Å². The molecule has 2 rings (SSSR count). The van der Waals surface area contributed by atoms with Crippen LogP contribution in [0.2, 0.25) is 0 Å². The van der Waals surface area contributed by atoms with Crippen molar-refractivity contribution in [2.24, 2.45) is 5.84 Å². The van der Waals surface area contributed by atoms with Crippen molar-refractivity contribution >= 4 is 0 Å². The Bertz CT molecular complexity index is 388. The molecule has 4 nitrogen and oxygen atoms in total.